The highest BCUT2D eigenvalue weighted by Gasteiger charge is 2.29. The maximum atomic E-state index is 10.5. The maximum absolute atomic E-state index is 10.5. The Morgan fingerprint density at radius 3 is 2.56 bits per heavy atom. The molecule has 1 saturated carbocycles. The highest BCUT2D eigenvalue weighted by molar-refractivity contribution is 5.24. The van der Waals surface area contributed by atoms with Crippen molar-refractivity contribution in [1.82, 2.24) is 10.5 Å². The third-order valence-corrected chi connectivity index (χ3v) is 4.04. The lowest BCUT2D eigenvalue weighted by molar-refractivity contribution is 0.00295. The molecule has 18 heavy (non-hydrogen) atoms. The number of hydrogen-bond donors (Lipinski definition) is 2. The topological polar surface area (TPSA) is 58.3 Å². The fourth-order valence-electron chi connectivity index (χ4n) is 2.94. The summed E-state index contributed by atoms with van der Waals surface area (Å²) in [5.74, 6) is 0.864. The molecule has 1 aromatic heterocycles. The van der Waals surface area contributed by atoms with Crippen LogP contribution in [0.4, 0.5) is 0 Å². The number of rotatable bonds is 4. The van der Waals surface area contributed by atoms with Crippen molar-refractivity contribution in [3.8, 4) is 0 Å². The summed E-state index contributed by atoms with van der Waals surface area (Å²) in [4.78, 5) is 0. The normalized spacial score (nSPS) is 20.9. The molecular formula is C14H24N2O2. The van der Waals surface area contributed by atoms with E-state index in [0.717, 1.165) is 42.7 Å². The summed E-state index contributed by atoms with van der Waals surface area (Å²) >= 11 is 0. The van der Waals surface area contributed by atoms with E-state index in [2.05, 4.69) is 17.4 Å². The van der Waals surface area contributed by atoms with Crippen LogP contribution in [0.1, 0.15) is 62.1 Å². The zero-order valence-corrected chi connectivity index (χ0v) is 11.6. The van der Waals surface area contributed by atoms with Gasteiger partial charge in [0.25, 0.3) is 0 Å². The monoisotopic (exact) mass is 252 g/mol. The zero-order chi connectivity index (χ0) is 13.2. The number of aryl methyl sites for hydroxylation is 2. The Bertz CT molecular complexity index is 375. The molecule has 102 valence electrons. The summed E-state index contributed by atoms with van der Waals surface area (Å²) in [5, 5.41) is 17.9. The molecule has 1 aliphatic carbocycles. The van der Waals surface area contributed by atoms with E-state index in [4.69, 9.17) is 4.52 Å². The van der Waals surface area contributed by atoms with Gasteiger partial charge < -0.3 is 14.9 Å². The van der Waals surface area contributed by atoms with Crippen molar-refractivity contribution >= 4 is 0 Å². The third kappa shape index (κ3) is 2.93. The van der Waals surface area contributed by atoms with Crippen LogP contribution in [-0.2, 0) is 0 Å². The molecule has 0 amide bonds. The van der Waals surface area contributed by atoms with Crippen LogP contribution in [-0.4, -0.2) is 22.4 Å². The molecule has 4 heteroatoms. The fourth-order valence-corrected chi connectivity index (χ4v) is 2.94. The SMILES string of the molecule is Cc1noc(C)c1C(C)NCC1(O)CCCCC1. The smallest absolute Gasteiger partial charge is 0.138 e. The van der Waals surface area contributed by atoms with Crippen molar-refractivity contribution in [1.29, 1.82) is 0 Å². The Labute approximate surface area is 109 Å². The first kappa shape index (κ1) is 13.6. The van der Waals surface area contributed by atoms with Crippen molar-refractivity contribution in [3.05, 3.63) is 17.0 Å². The Morgan fingerprint density at radius 2 is 2.00 bits per heavy atom. The van der Waals surface area contributed by atoms with Crippen LogP contribution in [0.25, 0.3) is 0 Å². The highest BCUT2D eigenvalue weighted by atomic mass is 16.5. The fraction of sp³-hybridized carbons (Fsp3) is 0.786. The summed E-state index contributed by atoms with van der Waals surface area (Å²) < 4.78 is 5.18. The van der Waals surface area contributed by atoms with Gasteiger partial charge in [-0.1, -0.05) is 24.4 Å². The van der Waals surface area contributed by atoms with Crippen LogP contribution >= 0.6 is 0 Å². The second-order valence-electron chi connectivity index (χ2n) is 5.63. The van der Waals surface area contributed by atoms with Crippen LogP contribution in [0.2, 0.25) is 0 Å². The second-order valence-corrected chi connectivity index (χ2v) is 5.63. The lowest BCUT2D eigenvalue weighted by Crippen LogP contribution is -2.43. The Hall–Kier alpha value is -0.870. The quantitative estimate of drug-likeness (QED) is 0.865. The minimum absolute atomic E-state index is 0.169. The van der Waals surface area contributed by atoms with Gasteiger partial charge in [-0.3, -0.25) is 0 Å². The summed E-state index contributed by atoms with van der Waals surface area (Å²) in [6, 6.07) is 0.169. The van der Waals surface area contributed by atoms with E-state index in [1.165, 1.54) is 6.42 Å². The maximum Gasteiger partial charge on any atom is 0.138 e. The Balaban J connectivity index is 1.94. The van der Waals surface area contributed by atoms with Gasteiger partial charge in [0.2, 0.25) is 0 Å². The van der Waals surface area contributed by atoms with E-state index >= 15 is 0 Å². The summed E-state index contributed by atoms with van der Waals surface area (Å²) in [7, 11) is 0. The predicted molar refractivity (Wildman–Crippen MR) is 70.4 cm³/mol. The summed E-state index contributed by atoms with van der Waals surface area (Å²) in [6.07, 6.45) is 5.35. The van der Waals surface area contributed by atoms with Crippen molar-refractivity contribution in [2.45, 2.75) is 64.5 Å². The number of hydrogen-bond acceptors (Lipinski definition) is 4. The first-order valence-corrected chi connectivity index (χ1v) is 6.90. The van der Waals surface area contributed by atoms with E-state index in [1.807, 2.05) is 13.8 Å². The van der Waals surface area contributed by atoms with Gasteiger partial charge in [0.15, 0.2) is 0 Å². The van der Waals surface area contributed by atoms with Crippen molar-refractivity contribution in [2.24, 2.45) is 0 Å². The van der Waals surface area contributed by atoms with Crippen LogP contribution in [0.15, 0.2) is 4.52 Å². The van der Waals surface area contributed by atoms with Gasteiger partial charge >= 0.3 is 0 Å². The van der Waals surface area contributed by atoms with Crippen molar-refractivity contribution in [2.75, 3.05) is 6.54 Å². The molecule has 0 aliphatic heterocycles. The minimum atomic E-state index is -0.522. The van der Waals surface area contributed by atoms with Crippen LogP contribution in [0, 0.1) is 13.8 Å². The van der Waals surface area contributed by atoms with E-state index in [9.17, 15) is 5.11 Å². The standard InChI is InChI=1S/C14H24N2O2/c1-10(13-11(2)16-18-12(13)3)15-9-14(17)7-5-4-6-8-14/h10,15,17H,4-9H2,1-3H3. The van der Waals surface area contributed by atoms with Gasteiger partial charge in [0.05, 0.1) is 11.3 Å². The molecule has 1 aliphatic rings. The van der Waals surface area contributed by atoms with E-state index in [-0.39, 0.29) is 6.04 Å². The van der Waals surface area contributed by atoms with E-state index in [1.54, 1.807) is 0 Å². The van der Waals surface area contributed by atoms with Gasteiger partial charge in [-0.05, 0) is 33.6 Å². The second kappa shape index (κ2) is 5.41. The highest BCUT2D eigenvalue weighted by Crippen LogP contribution is 2.28. The van der Waals surface area contributed by atoms with Gasteiger partial charge in [-0.15, -0.1) is 0 Å². The van der Waals surface area contributed by atoms with Crippen LogP contribution < -0.4 is 5.32 Å². The lowest BCUT2D eigenvalue weighted by atomic mass is 9.84. The number of aliphatic hydroxyl groups is 1. The molecule has 1 unspecified atom stereocenters. The molecule has 1 fully saturated rings. The average Bonchev–Trinajstić information content (AvgIpc) is 2.67. The molecule has 2 rings (SSSR count). The molecule has 0 radical (unpaired) electrons. The minimum Gasteiger partial charge on any atom is -0.389 e. The molecule has 0 spiro atoms. The number of aromatic nitrogens is 1. The number of nitrogens with zero attached hydrogens (tertiary/aromatic N) is 1. The lowest BCUT2D eigenvalue weighted by Gasteiger charge is -2.33. The van der Waals surface area contributed by atoms with Gasteiger partial charge in [-0.2, -0.15) is 0 Å². The van der Waals surface area contributed by atoms with E-state index < -0.39 is 5.60 Å². The van der Waals surface area contributed by atoms with Gasteiger partial charge in [0, 0.05) is 18.2 Å². The van der Waals surface area contributed by atoms with Crippen molar-refractivity contribution in [3.63, 3.8) is 0 Å². The summed E-state index contributed by atoms with van der Waals surface area (Å²) in [5.41, 5.74) is 1.53. The van der Waals surface area contributed by atoms with E-state index in [0.29, 0.717) is 6.54 Å². The molecule has 1 aromatic rings. The average molecular weight is 252 g/mol. The Morgan fingerprint density at radius 1 is 1.33 bits per heavy atom. The molecule has 4 nitrogen and oxygen atoms in total. The first-order chi connectivity index (χ1) is 8.52. The molecular weight excluding hydrogens is 228 g/mol. The first-order valence-electron chi connectivity index (χ1n) is 6.90. The van der Waals surface area contributed by atoms with Crippen LogP contribution in [0.3, 0.4) is 0 Å². The summed E-state index contributed by atoms with van der Waals surface area (Å²) in [6.45, 7) is 6.64. The van der Waals surface area contributed by atoms with Crippen molar-refractivity contribution < 1.29 is 9.63 Å². The molecule has 1 heterocycles. The zero-order valence-electron chi connectivity index (χ0n) is 11.6. The molecule has 2 N–H and O–H groups in total. The molecule has 0 bridgehead atoms. The molecule has 0 saturated heterocycles. The largest absolute Gasteiger partial charge is 0.389 e. The Kier molecular flexibility index (Phi) is 4.07. The van der Waals surface area contributed by atoms with Gasteiger partial charge in [-0.25, -0.2) is 0 Å². The molecule has 1 atom stereocenters. The predicted octanol–water partition coefficient (Wildman–Crippen LogP) is 2.64. The van der Waals surface area contributed by atoms with Gasteiger partial charge in [0.1, 0.15) is 5.76 Å². The number of nitrogens with one attached hydrogen (secondary N) is 1. The third-order valence-electron chi connectivity index (χ3n) is 4.04. The molecule has 0 aromatic carbocycles. The van der Waals surface area contributed by atoms with Crippen LogP contribution in [0.5, 0.6) is 0 Å².